The van der Waals surface area contributed by atoms with Gasteiger partial charge >= 0.3 is 0 Å². The van der Waals surface area contributed by atoms with Crippen LogP contribution in [0.2, 0.25) is 5.15 Å². The van der Waals surface area contributed by atoms with Crippen LogP contribution in [-0.2, 0) is 6.42 Å². The van der Waals surface area contributed by atoms with Crippen molar-refractivity contribution in [3.63, 3.8) is 0 Å². The molecular weight excluding hydrogens is 194 g/mol. The highest BCUT2D eigenvalue weighted by molar-refractivity contribution is 6.30. The summed E-state index contributed by atoms with van der Waals surface area (Å²) in [4.78, 5) is 27.8. The van der Waals surface area contributed by atoms with Gasteiger partial charge in [-0.25, -0.2) is 4.98 Å². The molecule has 0 bridgehead atoms. The molecule has 1 rings (SSSR count). The van der Waals surface area contributed by atoms with Crippen LogP contribution in [0.5, 0.6) is 0 Å². The van der Waals surface area contributed by atoms with Crippen molar-refractivity contribution in [3.8, 4) is 0 Å². The lowest BCUT2D eigenvalue weighted by Crippen LogP contribution is -2.26. The standard InChI is InChI=1S/C7H8ClN3O2/c1-2-3-5(8)11-7(13)4(10-3)6(9)12/h2H2,1H3,(H2,9,12)(H,11,13). The average molecular weight is 202 g/mol. The summed E-state index contributed by atoms with van der Waals surface area (Å²) in [7, 11) is 0. The lowest BCUT2D eigenvalue weighted by Gasteiger charge is -2.00. The van der Waals surface area contributed by atoms with Crippen molar-refractivity contribution in [3.05, 3.63) is 26.9 Å². The third-order valence-electron chi connectivity index (χ3n) is 1.51. The molecule has 0 radical (unpaired) electrons. The van der Waals surface area contributed by atoms with Crippen molar-refractivity contribution in [1.82, 2.24) is 9.97 Å². The summed E-state index contributed by atoms with van der Waals surface area (Å²) in [6.07, 6.45) is 0.524. The van der Waals surface area contributed by atoms with E-state index in [-0.39, 0.29) is 10.8 Å². The smallest absolute Gasteiger partial charge is 0.280 e. The third kappa shape index (κ3) is 1.86. The first-order valence-corrected chi connectivity index (χ1v) is 4.02. The predicted molar refractivity (Wildman–Crippen MR) is 47.8 cm³/mol. The zero-order chi connectivity index (χ0) is 10.0. The fraction of sp³-hybridized carbons (Fsp3) is 0.286. The van der Waals surface area contributed by atoms with Gasteiger partial charge in [-0.3, -0.25) is 9.59 Å². The number of halogens is 1. The molecule has 5 nitrogen and oxygen atoms in total. The Hall–Kier alpha value is -1.36. The minimum absolute atomic E-state index is 0.150. The SMILES string of the molecule is CCc1nc(C(N)=O)c(=O)[nH]c1Cl. The van der Waals surface area contributed by atoms with Crippen molar-refractivity contribution in [2.75, 3.05) is 0 Å². The molecule has 0 saturated heterocycles. The number of primary amides is 1. The van der Waals surface area contributed by atoms with Crippen LogP contribution in [0, 0.1) is 0 Å². The Morgan fingerprint density at radius 2 is 2.31 bits per heavy atom. The molecule has 3 N–H and O–H groups in total. The maximum absolute atomic E-state index is 11.0. The quantitative estimate of drug-likeness (QED) is 0.711. The minimum atomic E-state index is -0.854. The zero-order valence-corrected chi connectivity index (χ0v) is 7.68. The van der Waals surface area contributed by atoms with Crippen molar-refractivity contribution in [1.29, 1.82) is 0 Å². The second-order valence-electron chi connectivity index (χ2n) is 2.39. The number of nitrogens with zero attached hydrogens (tertiary/aromatic N) is 1. The molecule has 70 valence electrons. The van der Waals surface area contributed by atoms with Crippen LogP contribution in [0.15, 0.2) is 4.79 Å². The van der Waals surface area contributed by atoms with Crippen LogP contribution in [0.25, 0.3) is 0 Å². The van der Waals surface area contributed by atoms with Gasteiger partial charge in [-0.05, 0) is 6.42 Å². The highest BCUT2D eigenvalue weighted by Gasteiger charge is 2.11. The van der Waals surface area contributed by atoms with Crippen LogP contribution in [0.1, 0.15) is 23.1 Å². The summed E-state index contributed by atoms with van der Waals surface area (Å²) in [5.41, 5.74) is 4.42. The van der Waals surface area contributed by atoms with Gasteiger partial charge in [-0.2, -0.15) is 0 Å². The first kappa shape index (κ1) is 9.73. The number of aromatic amines is 1. The van der Waals surface area contributed by atoms with E-state index >= 15 is 0 Å². The number of aryl methyl sites for hydroxylation is 1. The lowest BCUT2D eigenvalue weighted by molar-refractivity contribution is 0.0993. The van der Waals surface area contributed by atoms with Gasteiger partial charge in [0.25, 0.3) is 11.5 Å². The number of carbonyl (C=O) groups excluding carboxylic acids is 1. The highest BCUT2D eigenvalue weighted by Crippen LogP contribution is 2.07. The first-order chi connectivity index (χ1) is 6.06. The third-order valence-corrected chi connectivity index (χ3v) is 1.82. The number of amides is 1. The fourth-order valence-electron chi connectivity index (χ4n) is 0.867. The average Bonchev–Trinajstić information content (AvgIpc) is 2.03. The van der Waals surface area contributed by atoms with Gasteiger partial charge in [-0.1, -0.05) is 18.5 Å². The van der Waals surface area contributed by atoms with Crippen molar-refractivity contribution < 1.29 is 4.79 Å². The van der Waals surface area contributed by atoms with Crippen molar-refractivity contribution in [2.24, 2.45) is 5.73 Å². The van der Waals surface area contributed by atoms with E-state index in [0.717, 1.165) is 0 Å². The van der Waals surface area contributed by atoms with Gasteiger partial charge in [0, 0.05) is 0 Å². The fourth-order valence-corrected chi connectivity index (χ4v) is 1.13. The number of hydrogen-bond acceptors (Lipinski definition) is 3. The predicted octanol–water partition coefficient (Wildman–Crippen LogP) is 0.0846. The molecule has 0 atom stereocenters. The monoisotopic (exact) mass is 201 g/mol. The second-order valence-corrected chi connectivity index (χ2v) is 2.77. The normalized spacial score (nSPS) is 10.0. The van der Waals surface area contributed by atoms with Gasteiger partial charge in [0.2, 0.25) is 0 Å². The summed E-state index contributed by atoms with van der Waals surface area (Å²) in [6.45, 7) is 1.80. The zero-order valence-electron chi connectivity index (χ0n) is 6.93. The second kappa shape index (κ2) is 3.57. The van der Waals surface area contributed by atoms with Gasteiger partial charge in [-0.15, -0.1) is 0 Å². The molecule has 1 aromatic rings. The lowest BCUT2D eigenvalue weighted by atomic mass is 10.3. The molecule has 0 saturated carbocycles. The number of carbonyl (C=O) groups is 1. The number of aromatic nitrogens is 2. The highest BCUT2D eigenvalue weighted by atomic mass is 35.5. The molecule has 6 heteroatoms. The molecule has 0 aromatic carbocycles. The molecule has 1 aromatic heterocycles. The van der Waals surface area contributed by atoms with Gasteiger partial charge in [0.05, 0.1) is 5.69 Å². The number of hydrogen-bond donors (Lipinski definition) is 2. The van der Waals surface area contributed by atoms with E-state index in [1.54, 1.807) is 6.92 Å². The van der Waals surface area contributed by atoms with Gasteiger partial charge < -0.3 is 10.7 Å². The molecule has 0 unspecified atom stereocenters. The van der Waals surface area contributed by atoms with E-state index in [2.05, 4.69) is 9.97 Å². The van der Waals surface area contributed by atoms with Crippen LogP contribution in [-0.4, -0.2) is 15.9 Å². The molecule has 0 aliphatic rings. The number of nitrogens with one attached hydrogen (secondary N) is 1. The summed E-state index contributed by atoms with van der Waals surface area (Å²) in [5, 5.41) is 0.150. The Morgan fingerprint density at radius 1 is 1.69 bits per heavy atom. The van der Waals surface area contributed by atoms with Crippen LogP contribution < -0.4 is 11.3 Å². The van der Waals surface area contributed by atoms with E-state index in [1.165, 1.54) is 0 Å². The molecule has 0 aliphatic carbocycles. The van der Waals surface area contributed by atoms with Crippen molar-refractivity contribution in [2.45, 2.75) is 13.3 Å². The van der Waals surface area contributed by atoms with Gasteiger partial charge in [0.15, 0.2) is 5.69 Å². The summed E-state index contributed by atoms with van der Waals surface area (Å²) in [5.74, 6) is -0.854. The van der Waals surface area contributed by atoms with Gasteiger partial charge in [0.1, 0.15) is 5.15 Å². The molecule has 0 fully saturated rings. The van der Waals surface area contributed by atoms with E-state index in [1.807, 2.05) is 0 Å². The molecule has 0 aliphatic heterocycles. The van der Waals surface area contributed by atoms with Crippen LogP contribution in [0.3, 0.4) is 0 Å². The molecule has 13 heavy (non-hydrogen) atoms. The van der Waals surface area contributed by atoms with Crippen molar-refractivity contribution >= 4 is 17.5 Å². The molecule has 1 heterocycles. The molecule has 0 spiro atoms. The largest absolute Gasteiger partial charge is 0.364 e. The summed E-state index contributed by atoms with van der Waals surface area (Å²) < 4.78 is 0. The number of rotatable bonds is 2. The number of H-pyrrole nitrogens is 1. The van der Waals surface area contributed by atoms with E-state index in [9.17, 15) is 9.59 Å². The molecule has 1 amide bonds. The number of nitrogens with two attached hydrogens (primary N) is 1. The molecular formula is C7H8ClN3O2. The summed E-state index contributed by atoms with van der Waals surface area (Å²) >= 11 is 5.64. The van der Waals surface area contributed by atoms with E-state index in [0.29, 0.717) is 12.1 Å². The van der Waals surface area contributed by atoms with Crippen LogP contribution >= 0.6 is 11.6 Å². The Bertz CT molecular complexity index is 399. The Kier molecular flexibility index (Phi) is 2.67. The Labute approximate surface area is 78.9 Å². The van der Waals surface area contributed by atoms with E-state index in [4.69, 9.17) is 17.3 Å². The maximum Gasteiger partial charge on any atom is 0.280 e. The maximum atomic E-state index is 11.0. The Balaban J connectivity index is 3.39. The van der Waals surface area contributed by atoms with E-state index < -0.39 is 11.5 Å². The topological polar surface area (TPSA) is 88.8 Å². The van der Waals surface area contributed by atoms with Crippen LogP contribution in [0.4, 0.5) is 0 Å². The summed E-state index contributed by atoms with van der Waals surface area (Å²) in [6, 6.07) is 0. The minimum Gasteiger partial charge on any atom is -0.364 e. The first-order valence-electron chi connectivity index (χ1n) is 3.64. The Morgan fingerprint density at radius 3 is 2.77 bits per heavy atom.